The number of methoxy groups -OCH3 is 1. The second-order valence-corrected chi connectivity index (χ2v) is 4.81. The van der Waals surface area contributed by atoms with Crippen LogP contribution in [0.1, 0.15) is 24.1 Å². The van der Waals surface area contributed by atoms with Crippen LogP contribution in [0.5, 0.6) is 5.88 Å². The van der Waals surface area contributed by atoms with Gasteiger partial charge in [0.05, 0.1) is 18.4 Å². The molecule has 0 saturated carbocycles. The van der Waals surface area contributed by atoms with E-state index in [2.05, 4.69) is 10.00 Å². The normalized spacial score (nSPS) is 18.6. The van der Waals surface area contributed by atoms with Crippen LogP contribution in [-0.4, -0.2) is 40.9 Å². The molecule has 1 aromatic rings. The number of hydrogen-bond acceptors (Lipinski definition) is 4. The molecule has 0 atom stereocenters. The quantitative estimate of drug-likeness (QED) is 0.840. The van der Waals surface area contributed by atoms with Crippen molar-refractivity contribution < 1.29 is 4.74 Å². The summed E-state index contributed by atoms with van der Waals surface area (Å²) in [5.74, 6) is 0.873. The maximum atomic E-state index is 5.91. The van der Waals surface area contributed by atoms with Gasteiger partial charge in [-0.1, -0.05) is 0 Å². The summed E-state index contributed by atoms with van der Waals surface area (Å²) in [5.41, 5.74) is 8.17. The minimum absolute atomic E-state index is 0.378. The van der Waals surface area contributed by atoms with E-state index < -0.39 is 0 Å². The SMILES string of the molecule is COc1c(CN2CCC(N)CC2)c(C)nn1C. The lowest BCUT2D eigenvalue weighted by atomic mass is 10.1. The molecule has 1 fully saturated rings. The van der Waals surface area contributed by atoms with Gasteiger partial charge >= 0.3 is 0 Å². The lowest BCUT2D eigenvalue weighted by Crippen LogP contribution is -2.39. The highest BCUT2D eigenvalue weighted by atomic mass is 16.5. The summed E-state index contributed by atoms with van der Waals surface area (Å²) in [6, 6.07) is 0.378. The van der Waals surface area contributed by atoms with Crippen LogP contribution in [0.4, 0.5) is 0 Å². The van der Waals surface area contributed by atoms with Crippen molar-refractivity contribution in [3.05, 3.63) is 11.3 Å². The number of aryl methyl sites for hydroxylation is 2. The predicted octanol–water partition coefficient (Wildman–Crippen LogP) is 0.660. The Labute approximate surface area is 103 Å². The van der Waals surface area contributed by atoms with Crippen LogP contribution in [0.2, 0.25) is 0 Å². The van der Waals surface area contributed by atoms with E-state index in [-0.39, 0.29) is 0 Å². The number of piperidine rings is 1. The highest BCUT2D eigenvalue weighted by Gasteiger charge is 2.20. The van der Waals surface area contributed by atoms with Crippen molar-refractivity contribution in [1.82, 2.24) is 14.7 Å². The Morgan fingerprint density at radius 2 is 2.06 bits per heavy atom. The lowest BCUT2D eigenvalue weighted by molar-refractivity contribution is 0.202. The fourth-order valence-electron chi connectivity index (χ4n) is 2.45. The third-order valence-corrected chi connectivity index (χ3v) is 3.50. The van der Waals surface area contributed by atoms with Crippen LogP contribution in [0.3, 0.4) is 0 Å². The Balaban J connectivity index is 2.08. The molecule has 0 radical (unpaired) electrons. The molecule has 2 rings (SSSR count). The minimum atomic E-state index is 0.378. The van der Waals surface area contributed by atoms with Gasteiger partial charge in [-0.25, -0.2) is 4.68 Å². The molecule has 96 valence electrons. The van der Waals surface area contributed by atoms with Crippen molar-refractivity contribution in [2.24, 2.45) is 12.8 Å². The summed E-state index contributed by atoms with van der Waals surface area (Å²) in [5, 5.41) is 4.40. The smallest absolute Gasteiger partial charge is 0.216 e. The summed E-state index contributed by atoms with van der Waals surface area (Å²) in [6.45, 7) is 5.08. The molecule has 1 saturated heterocycles. The van der Waals surface area contributed by atoms with Crippen LogP contribution in [0.25, 0.3) is 0 Å². The fraction of sp³-hybridized carbons (Fsp3) is 0.750. The van der Waals surface area contributed by atoms with E-state index in [0.717, 1.165) is 44.0 Å². The number of ether oxygens (including phenoxy) is 1. The van der Waals surface area contributed by atoms with Gasteiger partial charge in [0.1, 0.15) is 0 Å². The zero-order chi connectivity index (χ0) is 12.4. The van der Waals surface area contributed by atoms with Gasteiger partial charge < -0.3 is 10.5 Å². The first-order valence-corrected chi connectivity index (χ1v) is 6.16. The van der Waals surface area contributed by atoms with Crippen LogP contribution in [-0.2, 0) is 13.6 Å². The van der Waals surface area contributed by atoms with Crippen molar-refractivity contribution in [1.29, 1.82) is 0 Å². The topological polar surface area (TPSA) is 56.3 Å². The molecule has 5 nitrogen and oxygen atoms in total. The number of likely N-dealkylation sites (tertiary alicyclic amines) is 1. The minimum Gasteiger partial charge on any atom is -0.481 e. The van der Waals surface area contributed by atoms with Gasteiger partial charge in [-0.3, -0.25) is 4.90 Å². The molecule has 17 heavy (non-hydrogen) atoms. The Kier molecular flexibility index (Phi) is 3.69. The summed E-state index contributed by atoms with van der Waals surface area (Å²) >= 11 is 0. The lowest BCUT2D eigenvalue weighted by Gasteiger charge is -2.30. The molecule has 2 heterocycles. The second kappa shape index (κ2) is 5.06. The van der Waals surface area contributed by atoms with E-state index in [1.165, 1.54) is 5.56 Å². The zero-order valence-corrected chi connectivity index (χ0v) is 10.9. The monoisotopic (exact) mass is 238 g/mol. The maximum Gasteiger partial charge on any atom is 0.216 e. The van der Waals surface area contributed by atoms with Gasteiger partial charge in [-0.2, -0.15) is 5.10 Å². The van der Waals surface area contributed by atoms with Crippen molar-refractivity contribution in [2.45, 2.75) is 32.4 Å². The van der Waals surface area contributed by atoms with Crippen molar-refractivity contribution in [3.63, 3.8) is 0 Å². The first-order chi connectivity index (χ1) is 8.11. The first-order valence-electron chi connectivity index (χ1n) is 6.16. The van der Waals surface area contributed by atoms with Gasteiger partial charge in [-0.15, -0.1) is 0 Å². The predicted molar refractivity (Wildman–Crippen MR) is 67.0 cm³/mol. The van der Waals surface area contributed by atoms with E-state index in [1.807, 2.05) is 14.0 Å². The van der Waals surface area contributed by atoms with E-state index in [9.17, 15) is 0 Å². The highest BCUT2D eigenvalue weighted by Crippen LogP contribution is 2.23. The average Bonchev–Trinajstić information content (AvgIpc) is 2.57. The third kappa shape index (κ3) is 2.61. The van der Waals surface area contributed by atoms with E-state index in [1.54, 1.807) is 11.8 Å². The van der Waals surface area contributed by atoms with Crippen molar-refractivity contribution in [2.75, 3.05) is 20.2 Å². The van der Waals surface area contributed by atoms with Crippen LogP contribution in [0.15, 0.2) is 0 Å². The Morgan fingerprint density at radius 3 is 2.65 bits per heavy atom. The molecule has 1 aromatic heterocycles. The summed E-state index contributed by atoms with van der Waals surface area (Å²) in [7, 11) is 3.62. The van der Waals surface area contributed by atoms with Crippen LogP contribution < -0.4 is 10.5 Å². The fourth-order valence-corrected chi connectivity index (χ4v) is 2.45. The molecule has 0 amide bonds. The van der Waals surface area contributed by atoms with Gasteiger partial charge in [-0.05, 0) is 32.9 Å². The van der Waals surface area contributed by atoms with Crippen molar-refractivity contribution >= 4 is 0 Å². The van der Waals surface area contributed by atoms with E-state index in [0.29, 0.717) is 6.04 Å². The molecule has 0 bridgehead atoms. The summed E-state index contributed by atoms with van der Waals surface area (Å²) < 4.78 is 7.21. The number of nitrogens with zero attached hydrogens (tertiary/aromatic N) is 3. The van der Waals surface area contributed by atoms with Gasteiger partial charge in [0, 0.05) is 19.6 Å². The largest absolute Gasteiger partial charge is 0.481 e. The van der Waals surface area contributed by atoms with Crippen molar-refractivity contribution in [3.8, 4) is 5.88 Å². The second-order valence-electron chi connectivity index (χ2n) is 4.81. The third-order valence-electron chi connectivity index (χ3n) is 3.50. The Morgan fingerprint density at radius 1 is 1.41 bits per heavy atom. The number of aromatic nitrogens is 2. The van der Waals surface area contributed by atoms with Gasteiger partial charge in [0.2, 0.25) is 5.88 Å². The number of hydrogen-bond donors (Lipinski definition) is 1. The van der Waals surface area contributed by atoms with Crippen LogP contribution in [0, 0.1) is 6.92 Å². The standard InChI is InChI=1S/C12H22N4O/c1-9-11(12(17-3)15(2)14-9)8-16-6-4-10(13)5-7-16/h10H,4-8,13H2,1-3H3. The maximum absolute atomic E-state index is 5.91. The summed E-state index contributed by atoms with van der Waals surface area (Å²) in [4.78, 5) is 2.43. The van der Waals surface area contributed by atoms with Crippen LogP contribution >= 0.6 is 0 Å². The molecule has 0 aliphatic carbocycles. The molecule has 5 heteroatoms. The number of rotatable bonds is 3. The van der Waals surface area contributed by atoms with E-state index >= 15 is 0 Å². The highest BCUT2D eigenvalue weighted by molar-refractivity contribution is 5.30. The summed E-state index contributed by atoms with van der Waals surface area (Å²) in [6.07, 6.45) is 2.17. The molecular weight excluding hydrogens is 216 g/mol. The molecule has 0 unspecified atom stereocenters. The van der Waals surface area contributed by atoms with E-state index in [4.69, 9.17) is 10.5 Å². The van der Waals surface area contributed by atoms with Gasteiger partial charge in [0.25, 0.3) is 0 Å². The number of nitrogens with two attached hydrogens (primary N) is 1. The molecule has 2 N–H and O–H groups in total. The first kappa shape index (κ1) is 12.4. The molecule has 1 aliphatic rings. The Hall–Kier alpha value is -1.07. The molecule has 0 spiro atoms. The molecular formula is C12H22N4O. The molecule has 1 aliphatic heterocycles. The molecule has 0 aromatic carbocycles. The van der Waals surface area contributed by atoms with Gasteiger partial charge in [0.15, 0.2) is 0 Å². The zero-order valence-electron chi connectivity index (χ0n) is 10.9. The Bertz CT molecular complexity index is 380. The average molecular weight is 238 g/mol.